The van der Waals surface area contributed by atoms with Gasteiger partial charge < -0.3 is 27.9 Å². The van der Waals surface area contributed by atoms with Crippen LogP contribution in [0.15, 0.2) is 249 Å². The minimum atomic E-state index is -3.42. The van der Waals surface area contributed by atoms with Gasteiger partial charge in [-0.2, -0.15) is 0 Å². The van der Waals surface area contributed by atoms with Gasteiger partial charge in [0.05, 0.1) is 48.6 Å². The molecule has 0 spiro atoms. The fourth-order valence-corrected chi connectivity index (χ4v) is 17.8. The van der Waals surface area contributed by atoms with Crippen molar-refractivity contribution in [3.05, 3.63) is 249 Å². The van der Waals surface area contributed by atoms with Gasteiger partial charge in [-0.25, -0.2) is 4.98 Å². The van der Waals surface area contributed by atoms with E-state index < -0.39 is 21.4 Å². The first-order valence-electron chi connectivity index (χ1n) is 23.4. The van der Waals surface area contributed by atoms with Crippen LogP contribution in [0.1, 0.15) is 0 Å². The molecule has 10 heteroatoms. The first kappa shape index (κ1) is 47.9. The van der Waals surface area contributed by atoms with Crippen molar-refractivity contribution in [3.63, 3.8) is 0 Å². The number of aromatic nitrogens is 1. The van der Waals surface area contributed by atoms with Crippen LogP contribution >= 0.6 is 21.4 Å². The van der Waals surface area contributed by atoms with Gasteiger partial charge in [0.1, 0.15) is 17.2 Å². The lowest BCUT2D eigenvalue weighted by Gasteiger charge is -2.23. The topological polar surface area (TPSA) is 91.8 Å². The van der Waals surface area contributed by atoms with Crippen LogP contribution in [0, 0.1) is 0 Å². The third kappa shape index (κ3) is 8.75. The third-order valence-corrected chi connectivity index (χ3v) is 22.3. The Morgan fingerprint density at radius 2 is 0.514 bits per heavy atom. The van der Waals surface area contributed by atoms with Gasteiger partial charge in [0.15, 0.2) is 21.4 Å². The highest BCUT2D eigenvalue weighted by Crippen LogP contribution is 2.49. The molecule has 1 heterocycles. The van der Waals surface area contributed by atoms with Crippen molar-refractivity contribution in [1.82, 2.24) is 4.98 Å². The van der Waals surface area contributed by atoms with E-state index in [0.717, 1.165) is 11.1 Å². The molecule has 72 heavy (non-hydrogen) atoms. The minimum absolute atomic E-state index is 0.449. The number of pyridine rings is 1. The largest absolute Gasteiger partial charge is 0.496 e. The molecule has 0 unspecified atom stereocenters. The number of hydrogen-bond donors (Lipinski definition) is 0. The molecule has 0 amide bonds. The van der Waals surface area contributed by atoms with Gasteiger partial charge in [0.2, 0.25) is 0 Å². The Morgan fingerprint density at radius 1 is 0.278 bits per heavy atom. The highest BCUT2D eigenvalue weighted by atomic mass is 31.2. The summed E-state index contributed by atoms with van der Waals surface area (Å²) in [5, 5.41) is 5.83. The van der Waals surface area contributed by atoms with E-state index in [1.165, 1.54) is 0 Å². The van der Waals surface area contributed by atoms with E-state index >= 15 is 13.7 Å². The van der Waals surface area contributed by atoms with Crippen molar-refractivity contribution in [3.8, 4) is 50.9 Å². The molecule has 10 rings (SSSR count). The highest BCUT2D eigenvalue weighted by molar-refractivity contribution is 7.86. The lowest BCUT2D eigenvalue weighted by Crippen LogP contribution is -2.26. The number of hydrogen-bond acceptors (Lipinski definition) is 7. The molecule has 0 radical (unpaired) electrons. The Morgan fingerprint density at radius 3 is 0.764 bits per heavy atom. The number of nitrogens with zero attached hydrogens (tertiary/aromatic N) is 1. The second-order valence-electron chi connectivity index (χ2n) is 17.1. The van der Waals surface area contributed by atoms with Crippen molar-refractivity contribution in [1.29, 1.82) is 0 Å². The maximum absolute atomic E-state index is 15.6. The monoisotopic (exact) mass is 997 g/mol. The molecule has 0 aliphatic heterocycles. The molecule has 1 aromatic heterocycles. The zero-order chi connectivity index (χ0) is 49.7. The van der Waals surface area contributed by atoms with Crippen LogP contribution in [-0.2, 0) is 13.7 Å². The van der Waals surface area contributed by atoms with Crippen molar-refractivity contribution in [2.75, 3.05) is 21.3 Å². The summed E-state index contributed by atoms with van der Waals surface area (Å²) >= 11 is 0. The fraction of sp³-hybridized carbons (Fsp3) is 0.0484. The summed E-state index contributed by atoms with van der Waals surface area (Å²) in [4.78, 5) is 5.32. The summed E-state index contributed by atoms with van der Waals surface area (Å²) in [6.45, 7) is 0. The molecule has 0 fully saturated rings. The van der Waals surface area contributed by atoms with Gasteiger partial charge in [-0.15, -0.1) is 0 Å². The van der Waals surface area contributed by atoms with Gasteiger partial charge in [-0.1, -0.05) is 200 Å². The standard InChI is InChI=1S/C62H50NO6P3/c1-67-57-42-45(34-37-60(57)70(64,49-22-10-4-11-23-49)50-24-12-5-13-25-50)48-40-55(46-35-38-61(58(43-46)68-2)71(65,51-26-14-6-15-27-51)52-28-16-7-17-29-52)63-56(41-48)47-36-39-62(59(44-47)69-3)72(66,53-30-18-8-19-31-53)54-32-20-9-21-33-54/h4-44H,1-3H3. The van der Waals surface area contributed by atoms with E-state index in [2.05, 4.69) is 0 Å². The van der Waals surface area contributed by atoms with Gasteiger partial charge in [0, 0.05) is 43.0 Å². The van der Waals surface area contributed by atoms with Gasteiger partial charge in [0.25, 0.3) is 0 Å². The van der Waals surface area contributed by atoms with Crippen LogP contribution in [-0.4, -0.2) is 26.3 Å². The minimum Gasteiger partial charge on any atom is -0.496 e. The van der Waals surface area contributed by atoms with E-state index in [4.69, 9.17) is 19.2 Å². The van der Waals surface area contributed by atoms with Crippen LogP contribution in [0.3, 0.4) is 0 Å². The van der Waals surface area contributed by atoms with Crippen molar-refractivity contribution in [2.24, 2.45) is 0 Å². The summed E-state index contributed by atoms with van der Waals surface area (Å²) in [7, 11) is -5.47. The number of ether oxygens (including phenoxy) is 3. The molecule has 0 saturated heterocycles. The zero-order valence-electron chi connectivity index (χ0n) is 39.9. The molecule has 0 saturated carbocycles. The second kappa shape index (κ2) is 20.5. The molecule has 0 atom stereocenters. The average molecular weight is 998 g/mol. The maximum Gasteiger partial charge on any atom is 0.174 e. The van der Waals surface area contributed by atoms with E-state index in [1.807, 2.05) is 249 Å². The van der Waals surface area contributed by atoms with Gasteiger partial charge >= 0.3 is 0 Å². The summed E-state index contributed by atoms with van der Waals surface area (Å²) in [5.41, 5.74) is 4.22. The molecule has 7 nitrogen and oxygen atoms in total. The lowest BCUT2D eigenvalue weighted by molar-refractivity contribution is 0.418. The van der Waals surface area contributed by atoms with E-state index in [9.17, 15) is 0 Å². The number of rotatable bonds is 15. The molecular weight excluding hydrogens is 948 g/mol. The third-order valence-electron chi connectivity index (χ3n) is 13.0. The van der Waals surface area contributed by atoms with Crippen LogP contribution in [0.2, 0.25) is 0 Å². The van der Waals surface area contributed by atoms with Crippen LogP contribution in [0.25, 0.3) is 33.6 Å². The SMILES string of the molecule is COc1cc(-c2cc(-c3ccc(P(=O)(c4ccccc4)c4ccccc4)c(OC)c3)nc(-c3ccc(P(=O)(c4ccccc4)c4ccccc4)c(OC)c3)c2)ccc1P(=O)(c1ccccc1)c1ccccc1. The smallest absolute Gasteiger partial charge is 0.174 e. The molecule has 9 aromatic carbocycles. The summed E-state index contributed by atoms with van der Waals surface area (Å²) in [6.07, 6.45) is 0. The molecule has 0 bridgehead atoms. The second-order valence-corrected chi connectivity index (χ2v) is 25.3. The normalized spacial score (nSPS) is 11.7. The van der Waals surface area contributed by atoms with Crippen LogP contribution in [0.5, 0.6) is 17.2 Å². The predicted octanol–water partition coefficient (Wildman–Crippen LogP) is 11.0. The molecule has 0 aliphatic carbocycles. The van der Waals surface area contributed by atoms with Crippen LogP contribution < -0.4 is 62.0 Å². The van der Waals surface area contributed by atoms with Gasteiger partial charge in [-0.05, 0) is 59.7 Å². The first-order chi connectivity index (χ1) is 35.2. The first-order valence-corrected chi connectivity index (χ1v) is 28.5. The van der Waals surface area contributed by atoms with Crippen molar-refractivity contribution >= 4 is 69.2 Å². The lowest BCUT2D eigenvalue weighted by atomic mass is 9.99. The quantitative estimate of drug-likeness (QED) is 0.0945. The molecule has 0 aliphatic rings. The Bertz CT molecular complexity index is 3140. The summed E-state index contributed by atoms with van der Waals surface area (Å²) in [6, 6.07) is 78.3. The predicted molar refractivity (Wildman–Crippen MR) is 298 cm³/mol. The van der Waals surface area contributed by atoms with E-state index in [1.54, 1.807) is 21.3 Å². The summed E-state index contributed by atoms with van der Waals surface area (Å²) < 4.78 is 65.4. The Balaban J connectivity index is 1.16. The Hall–Kier alpha value is -7.78. The molecule has 0 N–H and O–H groups in total. The fourth-order valence-electron chi connectivity index (χ4n) is 9.41. The molecular formula is C62H50NO6P3. The van der Waals surface area contributed by atoms with E-state index in [0.29, 0.717) is 87.5 Å². The Kier molecular flexibility index (Phi) is 13.6. The number of methoxy groups -OCH3 is 3. The highest BCUT2D eigenvalue weighted by Gasteiger charge is 2.36. The molecule has 10 aromatic rings. The Labute approximate surface area is 420 Å². The zero-order valence-corrected chi connectivity index (χ0v) is 42.6. The number of benzene rings is 9. The van der Waals surface area contributed by atoms with Crippen LogP contribution in [0.4, 0.5) is 0 Å². The van der Waals surface area contributed by atoms with Gasteiger partial charge in [-0.3, -0.25) is 0 Å². The average Bonchev–Trinajstić information content (AvgIpc) is 3.47. The molecule has 354 valence electrons. The van der Waals surface area contributed by atoms with Crippen molar-refractivity contribution in [2.45, 2.75) is 0 Å². The van der Waals surface area contributed by atoms with E-state index in [-0.39, 0.29) is 0 Å². The maximum atomic E-state index is 15.6. The van der Waals surface area contributed by atoms with Crippen molar-refractivity contribution < 1.29 is 27.9 Å². The summed E-state index contributed by atoms with van der Waals surface area (Å²) in [5.74, 6) is 1.37.